The Kier molecular flexibility index (Phi) is 4.46. The summed E-state index contributed by atoms with van der Waals surface area (Å²) >= 11 is 0. The van der Waals surface area contributed by atoms with Gasteiger partial charge in [0, 0.05) is 25.4 Å². The summed E-state index contributed by atoms with van der Waals surface area (Å²) in [7, 11) is 1.67. The predicted octanol–water partition coefficient (Wildman–Crippen LogP) is 2.25. The maximum atomic E-state index is 5.60. The van der Waals surface area contributed by atoms with Gasteiger partial charge in [0.05, 0.1) is 5.69 Å². The highest BCUT2D eigenvalue weighted by Gasteiger charge is 2.33. The first kappa shape index (κ1) is 14.6. The summed E-state index contributed by atoms with van der Waals surface area (Å²) in [6, 6.07) is 3.67. The molecule has 0 fully saturated rings. The minimum absolute atomic E-state index is 0.376. The first-order valence-corrected chi connectivity index (χ1v) is 6.73. The van der Waals surface area contributed by atoms with Crippen LogP contribution in [0, 0.1) is 0 Å². The van der Waals surface area contributed by atoms with E-state index in [-0.39, 0.29) is 0 Å². The van der Waals surface area contributed by atoms with E-state index in [1.54, 1.807) is 13.3 Å². The number of hydrogen-bond donors (Lipinski definition) is 1. The van der Waals surface area contributed by atoms with Crippen molar-refractivity contribution >= 4 is 0 Å². The van der Waals surface area contributed by atoms with Gasteiger partial charge in [-0.25, -0.2) is 0 Å². The Bertz CT molecular complexity index is 556. The SMILES string of the molecule is CCC(CC)(OC)c1noc(-c2ccnc(CN)c2)n1. The van der Waals surface area contributed by atoms with Crippen LogP contribution in [-0.4, -0.2) is 22.2 Å². The highest BCUT2D eigenvalue weighted by atomic mass is 16.5. The molecule has 0 unspecified atom stereocenters. The lowest BCUT2D eigenvalue weighted by Crippen LogP contribution is -2.28. The van der Waals surface area contributed by atoms with Crippen LogP contribution in [0.5, 0.6) is 0 Å². The molecule has 0 aliphatic rings. The van der Waals surface area contributed by atoms with Crippen LogP contribution in [0.4, 0.5) is 0 Å². The molecule has 108 valence electrons. The molecule has 0 atom stereocenters. The van der Waals surface area contributed by atoms with Gasteiger partial charge >= 0.3 is 0 Å². The average molecular weight is 276 g/mol. The van der Waals surface area contributed by atoms with E-state index in [1.807, 2.05) is 26.0 Å². The Morgan fingerprint density at radius 2 is 2.10 bits per heavy atom. The van der Waals surface area contributed by atoms with Gasteiger partial charge in [-0.2, -0.15) is 4.98 Å². The van der Waals surface area contributed by atoms with Crippen molar-refractivity contribution in [2.45, 2.75) is 38.8 Å². The molecule has 0 radical (unpaired) electrons. The molecule has 20 heavy (non-hydrogen) atoms. The van der Waals surface area contributed by atoms with E-state index in [0.717, 1.165) is 24.1 Å². The first-order valence-electron chi connectivity index (χ1n) is 6.73. The molecule has 2 aromatic heterocycles. The Morgan fingerprint density at radius 3 is 2.70 bits per heavy atom. The minimum atomic E-state index is -0.495. The summed E-state index contributed by atoms with van der Waals surface area (Å²) in [5.41, 5.74) is 6.69. The quantitative estimate of drug-likeness (QED) is 0.870. The van der Waals surface area contributed by atoms with Crippen molar-refractivity contribution in [3.05, 3.63) is 29.8 Å². The van der Waals surface area contributed by atoms with Crippen molar-refractivity contribution in [3.8, 4) is 11.5 Å². The van der Waals surface area contributed by atoms with Crippen molar-refractivity contribution in [3.63, 3.8) is 0 Å². The first-order chi connectivity index (χ1) is 9.69. The number of aromatic nitrogens is 3. The van der Waals surface area contributed by atoms with Crippen LogP contribution < -0.4 is 5.73 Å². The lowest BCUT2D eigenvalue weighted by molar-refractivity contribution is -0.0306. The van der Waals surface area contributed by atoms with Gasteiger partial charge < -0.3 is 15.0 Å². The normalized spacial score (nSPS) is 11.8. The lowest BCUT2D eigenvalue weighted by atomic mass is 9.96. The summed E-state index contributed by atoms with van der Waals surface area (Å²) in [6.45, 7) is 4.46. The van der Waals surface area contributed by atoms with Crippen LogP contribution in [0.1, 0.15) is 38.2 Å². The van der Waals surface area contributed by atoms with Gasteiger partial charge in [0.15, 0.2) is 0 Å². The van der Waals surface area contributed by atoms with Crippen LogP contribution in [0.25, 0.3) is 11.5 Å². The fourth-order valence-corrected chi connectivity index (χ4v) is 2.19. The van der Waals surface area contributed by atoms with Crippen molar-refractivity contribution in [2.24, 2.45) is 5.73 Å². The number of hydrogen-bond acceptors (Lipinski definition) is 6. The Hall–Kier alpha value is -1.79. The number of nitrogens with two attached hydrogens (primary N) is 1. The molecule has 0 aromatic carbocycles. The second-order valence-corrected chi connectivity index (χ2v) is 4.57. The van der Waals surface area contributed by atoms with Gasteiger partial charge in [-0.3, -0.25) is 4.98 Å². The molecule has 0 amide bonds. The Morgan fingerprint density at radius 1 is 1.35 bits per heavy atom. The molecule has 2 heterocycles. The van der Waals surface area contributed by atoms with Gasteiger partial charge in [-0.1, -0.05) is 19.0 Å². The second-order valence-electron chi connectivity index (χ2n) is 4.57. The molecule has 0 saturated heterocycles. The highest BCUT2D eigenvalue weighted by molar-refractivity contribution is 5.52. The molecule has 6 nitrogen and oxygen atoms in total. The molecule has 0 aliphatic heterocycles. The second kappa shape index (κ2) is 6.11. The van der Waals surface area contributed by atoms with Gasteiger partial charge in [-0.15, -0.1) is 0 Å². The summed E-state index contributed by atoms with van der Waals surface area (Å²) in [6.07, 6.45) is 3.25. The Balaban J connectivity index is 2.37. The van der Waals surface area contributed by atoms with E-state index in [0.29, 0.717) is 18.3 Å². The van der Waals surface area contributed by atoms with E-state index >= 15 is 0 Å². The summed E-state index contributed by atoms with van der Waals surface area (Å²) in [4.78, 5) is 8.62. The maximum Gasteiger partial charge on any atom is 0.258 e. The van der Waals surface area contributed by atoms with Gasteiger partial charge in [-0.05, 0) is 25.0 Å². The third kappa shape index (κ3) is 2.57. The van der Waals surface area contributed by atoms with Crippen LogP contribution in [-0.2, 0) is 16.9 Å². The molecule has 0 bridgehead atoms. The largest absolute Gasteiger partial charge is 0.370 e. The van der Waals surface area contributed by atoms with Crippen LogP contribution in [0.3, 0.4) is 0 Å². The smallest absolute Gasteiger partial charge is 0.258 e. The molecule has 0 saturated carbocycles. The van der Waals surface area contributed by atoms with E-state index < -0.39 is 5.60 Å². The van der Waals surface area contributed by atoms with Crippen LogP contribution in [0.2, 0.25) is 0 Å². The molecule has 0 spiro atoms. The van der Waals surface area contributed by atoms with E-state index in [2.05, 4.69) is 15.1 Å². The van der Waals surface area contributed by atoms with Gasteiger partial charge in [0.25, 0.3) is 5.89 Å². The number of pyridine rings is 1. The summed E-state index contributed by atoms with van der Waals surface area (Å²) in [5.74, 6) is 1.03. The summed E-state index contributed by atoms with van der Waals surface area (Å²) in [5, 5.41) is 4.07. The molecular formula is C14H20N4O2. The molecule has 2 N–H and O–H groups in total. The molecule has 0 aliphatic carbocycles. The van der Waals surface area contributed by atoms with E-state index in [9.17, 15) is 0 Å². The van der Waals surface area contributed by atoms with Gasteiger partial charge in [0.1, 0.15) is 5.60 Å². The van der Waals surface area contributed by atoms with E-state index in [1.165, 1.54) is 0 Å². The average Bonchev–Trinajstić information content (AvgIpc) is 3.00. The zero-order valence-electron chi connectivity index (χ0n) is 12.1. The number of rotatable bonds is 6. The number of ether oxygens (including phenoxy) is 1. The van der Waals surface area contributed by atoms with Crippen molar-refractivity contribution in [1.29, 1.82) is 0 Å². The minimum Gasteiger partial charge on any atom is -0.370 e. The lowest BCUT2D eigenvalue weighted by Gasteiger charge is -2.25. The van der Waals surface area contributed by atoms with Crippen molar-refractivity contribution in [1.82, 2.24) is 15.1 Å². The fourth-order valence-electron chi connectivity index (χ4n) is 2.19. The molecule has 6 heteroatoms. The fraction of sp³-hybridized carbons (Fsp3) is 0.500. The predicted molar refractivity (Wildman–Crippen MR) is 74.7 cm³/mol. The van der Waals surface area contributed by atoms with Crippen molar-refractivity contribution < 1.29 is 9.26 Å². The standard InChI is InChI=1S/C14H20N4O2/c1-4-14(5-2,19-3)13-17-12(20-18-13)10-6-7-16-11(8-10)9-15/h6-8H,4-5,9,15H2,1-3H3. The van der Waals surface area contributed by atoms with Crippen molar-refractivity contribution in [2.75, 3.05) is 7.11 Å². The summed E-state index contributed by atoms with van der Waals surface area (Å²) < 4.78 is 11.0. The Labute approximate surface area is 118 Å². The van der Waals surface area contributed by atoms with Crippen LogP contribution >= 0.6 is 0 Å². The molecule has 2 aromatic rings. The monoisotopic (exact) mass is 276 g/mol. The topological polar surface area (TPSA) is 87.1 Å². The number of nitrogens with zero attached hydrogens (tertiary/aromatic N) is 3. The zero-order chi connectivity index (χ0) is 14.6. The zero-order valence-corrected chi connectivity index (χ0v) is 12.1. The van der Waals surface area contributed by atoms with Gasteiger partial charge in [0.2, 0.25) is 5.82 Å². The molecular weight excluding hydrogens is 256 g/mol. The number of methoxy groups -OCH3 is 1. The molecule has 2 rings (SSSR count). The van der Waals surface area contributed by atoms with E-state index in [4.69, 9.17) is 15.0 Å². The highest BCUT2D eigenvalue weighted by Crippen LogP contribution is 2.31. The van der Waals surface area contributed by atoms with Crippen LogP contribution in [0.15, 0.2) is 22.9 Å². The third-order valence-corrected chi connectivity index (χ3v) is 3.64. The maximum absolute atomic E-state index is 5.60. The third-order valence-electron chi connectivity index (χ3n) is 3.64.